The van der Waals surface area contributed by atoms with E-state index in [4.69, 9.17) is 11.6 Å². The van der Waals surface area contributed by atoms with Crippen molar-refractivity contribution >= 4 is 17.4 Å². The summed E-state index contributed by atoms with van der Waals surface area (Å²) in [6.07, 6.45) is 4.53. The molecule has 19 heavy (non-hydrogen) atoms. The number of hydrogen-bond acceptors (Lipinski definition) is 4. The Labute approximate surface area is 119 Å². The lowest BCUT2D eigenvalue weighted by Gasteiger charge is -2.45. The SMILES string of the molecule is CCCc1nc(Cl)cc(NC2CN3CCC2CC3)n1. The highest BCUT2D eigenvalue weighted by Gasteiger charge is 2.34. The van der Waals surface area contributed by atoms with Gasteiger partial charge in [0.05, 0.1) is 0 Å². The van der Waals surface area contributed by atoms with Crippen LogP contribution in [0.25, 0.3) is 0 Å². The molecule has 0 saturated carbocycles. The van der Waals surface area contributed by atoms with Crippen LogP contribution < -0.4 is 5.32 Å². The maximum atomic E-state index is 6.08. The zero-order valence-electron chi connectivity index (χ0n) is 11.4. The van der Waals surface area contributed by atoms with Crippen LogP contribution in [0.1, 0.15) is 32.0 Å². The van der Waals surface area contributed by atoms with Crippen molar-refractivity contribution in [3.63, 3.8) is 0 Å². The Bertz CT molecular complexity index is 443. The molecule has 1 atom stereocenters. The molecule has 2 bridgehead atoms. The molecule has 1 aromatic rings. The fourth-order valence-electron chi connectivity index (χ4n) is 3.19. The van der Waals surface area contributed by atoms with Crippen molar-refractivity contribution in [3.05, 3.63) is 17.0 Å². The van der Waals surface area contributed by atoms with Crippen molar-refractivity contribution in [2.45, 2.75) is 38.6 Å². The molecule has 3 aliphatic rings. The highest BCUT2D eigenvalue weighted by atomic mass is 35.5. The van der Waals surface area contributed by atoms with Gasteiger partial charge in [0.25, 0.3) is 0 Å². The first-order chi connectivity index (χ1) is 9.24. The minimum absolute atomic E-state index is 0.517. The van der Waals surface area contributed by atoms with Crippen LogP contribution in [-0.4, -0.2) is 40.5 Å². The normalized spacial score (nSPS) is 29.5. The van der Waals surface area contributed by atoms with Crippen molar-refractivity contribution < 1.29 is 0 Å². The van der Waals surface area contributed by atoms with Gasteiger partial charge in [-0.1, -0.05) is 18.5 Å². The lowest BCUT2D eigenvalue weighted by molar-refractivity contribution is 0.0973. The van der Waals surface area contributed by atoms with E-state index in [0.29, 0.717) is 11.2 Å². The maximum Gasteiger partial charge on any atom is 0.134 e. The average molecular weight is 281 g/mol. The Balaban J connectivity index is 1.72. The zero-order valence-corrected chi connectivity index (χ0v) is 12.2. The van der Waals surface area contributed by atoms with Gasteiger partial charge in [-0.05, 0) is 38.3 Å². The van der Waals surface area contributed by atoms with E-state index in [9.17, 15) is 0 Å². The molecule has 3 aliphatic heterocycles. The Kier molecular flexibility index (Phi) is 3.89. The lowest BCUT2D eigenvalue weighted by Crippen LogP contribution is -2.53. The summed E-state index contributed by atoms with van der Waals surface area (Å²) in [5.74, 6) is 2.52. The molecule has 3 saturated heterocycles. The number of aryl methyl sites for hydroxylation is 1. The second-order valence-electron chi connectivity index (χ2n) is 5.63. The summed E-state index contributed by atoms with van der Waals surface area (Å²) >= 11 is 6.08. The largest absolute Gasteiger partial charge is 0.366 e. The van der Waals surface area contributed by atoms with E-state index in [0.717, 1.165) is 36.9 Å². The number of hydrogen-bond donors (Lipinski definition) is 1. The summed E-state index contributed by atoms with van der Waals surface area (Å²) in [5, 5.41) is 4.12. The molecule has 0 aliphatic carbocycles. The second kappa shape index (κ2) is 5.63. The first-order valence-corrected chi connectivity index (χ1v) is 7.64. The van der Waals surface area contributed by atoms with Gasteiger partial charge in [-0.25, -0.2) is 9.97 Å². The van der Waals surface area contributed by atoms with E-state index in [1.165, 1.54) is 25.9 Å². The van der Waals surface area contributed by atoms with Gasteiger partial charge >= 0.3 is 0 Å². The summed E-state index contributed by atoms with van der Waals surface area (Å²) in [7, 11) is 0. The number of rotatable bonds is 4. The lowest BCUT2D eigenvalue weighted by atomic mass is 9.84. The predicted molar refractivity (Wildman–Crippen MR) is 77.6 cm³/mol. The molecule has 4 rings (SSSR count). The molecule has 0 amide bonds. The van der Waals surface area contributed by atoms with E-state index >= 15 is 0 Å². The smallest absolute Gasteiger partial charge is 0.134 e. The van der Waals surface area contributed by atoms with Gasteiger partial charge in [0.2, 0.25) is 0 Å². The van der Waals surface area contributed by atoms with Crippen molar-refractivity contribution in [2.75, 3.05) is 25.0 Å². The number of anilines is 1. The van der Waals surface area contributed by atoms with E-state index < -0.39 is 0 Å². The topological polar surface area (TPSA) is 41.1 Å². The third kappa shape index (κ3) is 3.00. The molecule has 1 aromatic heterocycles. The molecule has 5 heteroatoms. The first-order valence-electron chi connectivity index (χ1n) is 7.27. The van der Waals surface area contributed by atoms with Gasteiger partial charge in [-0.2, -0.15) is 0 Å². The van der Waals surface area contributed by atoms with E-state index in [1.807, 2.05) is 6.07 Å². The number of halogens is 1. The van der Waals surface area contributed by atoms with Gasteiger partial charge in [0, 0.05) is 25.1 Å². The summed E-state index contributed by atoms with van der Waals surface area (Å²) in [6, 6.07) is 2.36. The van der Waals surface area contributed by atoms with E-state index in [-0.39, 0.29) is 0 Å². The van der Waals surface area contributed by atoms with Gasteiger partial charge in [-0.15, -0.1) is 0 Å². The third-order valence-corrected chi connectivity index (χ3v) is 4.40. The van der Waals surface area contributed by atoms with Gasteiger partial charge in [-0.3, -0.25) is 0 Å². The number of nitrogens with zero attached hydrogens (tertiary/aromatic N) is 3. The standard InChI is InChI=1S/C14H21ClN4/c1-2-3-13-17-12(15)8-14(18-13)16-11-9-19-6-4-10(11)5-7-19/h8,10-11H,2-7,9H2,1H3,(H,16,17,18). The minimum atomic E-state index is 0.517. The van der Waals surface area contributed by atoms with Crippen LogP contribution in [0.3, 0.4) is 0 Å². The van der Waals surface area contributed by atoms with E-state index in [1.54, 1.807) is 0 Å². The quantitative estimate of drug-likeness (QED) is 0.861. The fraction of sp³-hybridized carbons (Fsp3) is 0.714. The fourth-order valence-corrected chi connectivity index (χ4v) is 3.39. The molecule has 4 nitrogen and oxygen atoms in total. The van der Waals surface area contributed by atoms with Crippen molar-refractivity contribution in [1.29, 1.82) is 0 Å². The number of fused-ring (bicyclic) bond motifs is 3. The Morgan fingerprint density at radius 3 is 2.79 bits per heavy atom. The highest BCUT2D eigenvalue weighted by Crippen LogP contribution is 2.29. The maximum absolute atomic E-state index is 6.08. The Hall–Kier alpha value is -0.870. The van der Waals surface area contributed by atoms with Crippen LogP contribution in [0.2, 0.25) is 5.15 Å². The number of piperidine rings is 3. The minimum Gasteiger partial charge on any atom is -0.366 e. The summed E-state index contributed by atoms with van der Waals surface area (Å²) in [5.41, 5.74) is 0. The van der Waals surface area contributed by atoms with Crippen LogP contribution in [-0.2, 0) is 6.42 Å². The second-order valence-corrected chi connectivity index (χ2v) is 6.02. The monoisotopic (exact) mass is 280 g/mol. The molecule has 1 N–H and O–H groups in total. The van der Waals surface area contributed by atoms with Crippen LogP contribution in [0.4, 0.5) is 5.82 Å². The molecular formula is C14H21ClN4. The van der Waals surface area contributed by atoms with Crippen LogP contribution in [0.5, 0.6) is 0 Å². The van der Waals surface area contributed by atoms with E-state index in [2.05, 4.69) is 27.1 Å². The predicted octanol–water partition coefficient (Wildman–Crippen LogP) is 2.59. The molecule has 0 radical (unpaired) electrons. The molecule has 3 fully saturated rings. The number of aromatic nitrogens is 2. The molecule has 4 heterocycles. The summed E-state index contributed by atoms with van der Waals surface area (Å²) in [4.78, 5) is 11.4. The molecule has 0 aromatic carbocycles. The average Bonchev–Trinajstić information content (AvgIpc) is 2.39. The van der Waals surface area contributed by atoms with Crippen molar-refractivity contribution in [2.24, 2.45) is 5.92 Å². The Morgan fingerprint density at radius 2 is 2.16 bits per heavy atom. The van der Waals surface area contributed by atoms with Gasteiger partial charge in [0.15, 0.2) is 0 Å². The molecule has 104 valence electrons. The van der Waals surface area contributed by atoms with Crippen LogP contribution >= 0.6 is 11.6 Å². The van der Waals surface area contributed by atoms with Gasteiger partial charge < -0.3 is 10.2 Å². The molecule has 1 unspecified atom stereocenters. The van der Waals surface area contributed by atoms with Crippen molar-refractivity contribution in [3.8, 4) is 0 Å². The zero-order chi connectivity index (χ0) is 13.2. The molecular weight excluding hydrogens is 260 g/mol. The van der Waals surface area contributed by atoms with Crippen molar-refractivity contribution in [1.82, 2.24) is 14.9 Å². The third-order valence-electron chi connectivity index (χ3n) is 4.20. The summed E-state index contributed by atoms with van der Waals surface area (Å²) < 4.78 is 0. The summed E-state index contributed by atoms with van der Waals surface area (Å²) in [6.45, 7) is 5.78. The Morgan fingerprint density at radius 1 is 1.37 bits per heavy atom. The number of nitrogens with one attached hydrogen (secondary N) is 1. The van der Waals surface area contributed by atoms with Crippen LogP contribution in [0, 0.1) is 5.92 Å². The van der Waals surface area contributed by atoms with Crippen LogP contribution in [0.15, 0.2) is 6.07 Å². The highest BCUT2D eigenvalue weighted by molar-refractivity contribution is 6.29. The first kappa shape index (κ1) is 13.1. The molecule has 0 spiro atoms. The van der Waals surface area contributed by atoms with Gasteiger partial charge in [0.1, 0.15) is 16.8 Å².